The lowest BCUT2D eigenvalue weighted by Gasteiger charge is -2.10. The van der Waals surface area contributed by atoms with E-state index in [4.69, 9.17) is 4.74 Å². The van der Waals surface area contributed by atoms with Gasteiger partial charge in [0.1, 0.15) is 5.82 Å². The van der Waals surface area contributed by atoms with Crippen molar-refractivity contribution in [3.8, 4) is 0 Å². The van der Waals surface area contributed by atoms with Crippen LogP contribution >= 0.6 is 11.8 Å². The fourth-order valence-corrected chi connectivity index (χ4v) is 2.21. The average molecular weight is 264 g/mol. The number of aromatic nitrogens is 2. The molecule has 0 radical (unpaired) electrons. The zero-order chi connectivity index (χ0) is 13.1. The molecule has 2 rings (SSSR count). The largest absolute Gasteiger partial charge is 0.446 e. The SMILES string of the molecule is CSCc1nc2ccccc2n1C(=O)OC(C)C. The van der Waals surface area contributed by atoms with Gasteiger partial charge in [-0.2, -0.15) is 11.8 Å². The highest BCUT2D eigenvalue weighted by Gasteiger charge is 2.18. The van der Waals surface area contributed by atoms with Gasteiger partial charge in [0, 0.05) is 0 Å². The number of benzene rings is 1. The van der Waals surface area contributed by atoms with Gasteiger partial charge in [0.05, 0.1) is 22.9 Å². The van der Waals surface area contributed by atoms with Gasteiger partial charge in [-0.3, -0.25) is 0 Å². The van der Waals surface area contributed by atoms with Crippen LogP contribution in [0.25, 0.3) is 11.0 Å². The van der Waals surface area contributed by atoms with Crippen LogP contribution in [0.4, 0.5) is 4.79 Å². The maximum absolute atomic E-state index is 12.1. The molecule has 0 N–H and O–H groups in total. The molecule has 0 saturated carbocycles. The minimum atomic E-state index is -0.359. The monoisotopic (exact) mass is 264 g/mol. The van der Waals surface area contributed by atoms with E-state index in [1.807, 2.05) is 44.4 Å². The highest BCUT2D eigenvalue weighted by Crippen LogP contribution is 2.19. The van der Waals surface area contributed by atoms with Crippen molar-refractivity contribution in [1.82, 2.24) is 9.55 Å². The summed E-state index contributed by atoms with van der Waals surface area (Å²) < 4.78 is 6.83. The zero-order valence-electron chi connectivity index (χ0n) is 10.7. The maximum Gasteiger partial charge on any atom is 0.420 e. The van der Waals surface area contributed by atoms with Crippen LogP contribution in [-0.4, -0.2) is 28.0 Å². The number of imidazole rings is 1. The van der Waals surface area contributed by atoms with Crippen LogP contribution in [0.5, 0.6) is 0 Å². The first kappa shape index (κ1) is 13.0. The van der Waals surface area contributed by atoms with Gasteiger partial charge in [-0.15, -0.1) is 0 Å². The number of nitrogens with zero attached hydrogens (tertiary/aromatic N) is 2. The number of thioether (sulfide) groups is 1. The number of fused-ring (bicyclic) bond motifs is 1. The molecule has 0 aliphatic rings. The fourth-order valence-electron chi connectivity index (χ4n) is 1.76. The van der Waals surface area contributed by atoms with Crippen molar-refractivity contribution in [3.05, 3.63) is 30.1 Å². The Balaban J connectivity index is 2.50. The van der Waals surface area contributed by atoms with Gasteiger partial charge in [-0.25, -0.2) is 14.3 Å². The fraction of sp³-hybridized carbons (Fsp3) is 0.385. The van der Waals surface area contributed by atoms with E-state index in [9.17, 15) is 4.79 Å². The van der Waals surface area contributed by atoms with E-state index < -0.39 is 0 Å². The minimum absolute atomic E-state index is 0.138. The van der Waals surface area contributed by atoms with Crippen LogP contribution in [0.3, 0.4) is 0 Å². The summed E-state index contributed by atoms with van der Waals surface area (Å²) in [6.07, 6.45) is 1.49. The summed E-state index contributed by atoms with van der Waals surface area (Å²) in [5, 5.41) is 0. The summed E-state index contributed by atoms with van der Waals surface area (Å²) >= 11 is 1.63. The topological polar surface area (TPSA) is 44.1 Å². The number of hydrogen-bond donors (Lipinski definition) is 0. The van der Waals surface area contributed by atoms with Crippen molar-refractivity contribution in [2.45, 2.75) is 25.7 Å². The molecule has 0 aliphatic carbocycles. The zero-order valence-corrected chi connectivity index (χ0v) is 11.5. The Morgan fingerprint density at radius 2 is 2.17 bits per heavy atom. The molecule has 0 spiro atoms. The molecule has 4 nitrogen and oxygen atoms in total. The third-order valence-electron chi connectivity index (χ3n) is 2.42. The van der Waals surface area contributed by atoms with Gasteiger partial charge < -0.3 is 4.74 Å². The first-order valence-corrected chi connectivity index (χ1v) is 7.19. The molecule has 0 unspecified atom stereocenters. The molecule has 0 atom stereocenters. The quantitative estimate of drug-likeness (QED) is 0.853. The molecule has 1 aromatic heterocycles. The smallest absolute Gasteiger partial charge is 0.420 e. The van der Waals surface area contributed by atoms with Crippen LogP contribution in [0.15, 0.2) is 24.3 Å². The second kappa shape index (κ2) is 5.44. The number of ether oxygens (including phenoxy) is 1. The molecule has 1 heterocycles. The van der Waals surface area contributed by atoms with Crippen molar-refractivity contribution in [3.63, 3.8) is 0 Å². The van der Waals surface area contributed by atoms with E-state index in [0.717, 1.165) is 16.9 Å². The predicted molar refractivity (Wildman–Crippen MR) is 74.0 cm³/mol. The second-order valence-electron chi connectivity index (χ2n) is 4.22. The Hall–Kier alpha value is -1.49. The number of rotatable bonds is 3. The van der Waals surface area contributed by atoms with Crippen LogP contribution in [0, 0.1) is 0 Å². The highest BCUT2D eigenvalue weighted by molar-refractivity contribution is 7.97. The maximum atomic E-state index is 12.1. The Kier molecular flexibility index (Phi) is 3.91. The van der Waals surface area contributed by atoms with Gasteiger partial charge in [0.2, 0.25) is 0 Å². The summed E-state index contributed by atoms with van der Waals surface area (Å²) in [7, 11) is 0. The summed E-state index contributed by atoms with van der Waals surface area (Å²) in [4.78, 5) is 16.6. The predicted octanol–water partition coefficient (Wildman–Crippen LogP) is 3.29. The van der Waals surface area contributed by atoms with Gasteiger partial charge in [-0.05, 0) is 32.2 Å². The molecular formula is C13H16N2O2S. The molecule has 1 aromatic carbocycles. The van der Waals surface area contributed by atoms with Gasteiger partial charge in [-0.1, -0.05) is 12.1 Å². The third kappa shape index (κ3) is 2.51. The Morgan fingerprint density at radius 3 is 2.83 bits per heavy atom. The van der Waals surface area contributed by atoms with E-state index in [0.29, 0.717) is 5.75 Å². The van der Waals surface area contributed by atoms with Crippen molar-refractivity contribution >= 4 is 28.9 Å². The van der Waals surface area contributed by atoms with Crippen molar-refractivity contribution in [2.75, 3.05) is 6.26 Å². The van der Waals surface area contributed by atoms with Crippen molar-refractivity contribution in [1.29, 1.82) is 0 Å². The summed E-state index contributed by atoms with van der Waals surface area (Å²) in [6.45, 7) is 3.68. The number of hydrogen-bond acceptors (Lipinski definition) is 4. The Morgan fingerprint density at radius 1 is 1.44 bits per heavy atom. The summed E-state index contributed by atoms with van der Waals surface area (Å²) in [6, 6.07) is 7.59. The van der Waals surface area contributed by atoms with E-state index in [1.165, 1.54) is 0 Å². The van der Waals surface area contributed by atoms with Gasteiger partial charge in [0.25, 0.3) is 0 Å². The lowest BCUT2D eigenvalue weighted by atomic mass is 10.3. The average Bonchev–Trinajstić information content (AvgIpc) is 2.66. The van der Waals surface area contributed by atoms with E-state index >= 15 is 0 Å². The molecule has 0 bridgehead atoms. The van der Waals surface area contributed by atoms with Gasteiger partial charge in [0.15, 0.2) is 0 Å². The van der Waals surface area contributed by atoms with Crippen LogP contribution in [-0.2, 0) is 10.5 Å². The second-order valence-corrected chi connectivity index (χ2v) is 5.08. The van der Waals surface area contributed by atoms with Gasteiger partial charge >= 0.3 is 6.09 Å². The van der Waals surface area contributed by atoms with E-state index in [2.05, 4.69) is 4.98 Å². The van der Waals surface area contributed by atoms with E-state index in [-0.39, 0.29) is 12.2 Å². The highest BCUT2D eigenvalue weighted by atomic mass is 32.2. The normalized spacial score (nSPS) is 11.1. The number of para-hydroxylation sites is 2. The summed E-state index contributed by atoms with van der Waals surface area (Å²) in [5.74, 6) is 1.41. The number of carbonyl (C=O) groups is 1. The molecular weight excluding hydrogens is 248 g/mol. The molecule has 18 heavy (non-hydrogen) atoms. The number of carbonyl (C=O) groups excluding carboxylic acids is 1. The molecule has 5 heteroatoms. The first-order chi connectivity index (χ1) is 8.63. The van der Waals surface area contributed by atoms with Crippen molar-refractivity contribution < 1.29 is 9.53 Å². The summed E-state index contributed by atoms with van der Waals surface area (Å²) in [5.41, 5.74) is 1.62. The molecule has 0 saturated heterocycles. The first-order valence-electron chi connectivity index (χ1n) is 5.79. The van der Waals surface area contributed by atoms with Crippen LogP contribution < -0.4 is 0 Å². The van der Waals surface area contributed by atoms with Crippen molar-refractivity contribution in [2.24, 2.45) is 0 Å². The van der Waals surface area contributed by atoms with E-state index in [1.54, 1.807) is 16.3 Å². The standard InChI is InChI=1S/C13H16N2O2S/c1-9(2)17-13(16)15-11-7-5-4-6-10(11)14-12(15)8-18-3/h4-7,9H,8H2,1-3H3. The lowest BCUT2D eigenvalue weighted by Crippen LogP contribution is -2.19. The Bertz CT molecular complexity index is 563. The molecule has 0 fully saturated rings. The molecule has 0 amide bonds. The molecule has 96 valence electrons. The molecule has 2 aromatic rings. The minimum Gasteiger partial charge on any atom is -0.446 e. The molecule has 0 aliphatic heterocycles. The third-order valence-corrected chi connectivity index (χ3v) is 2.97. The lowest BCUT2D eigenvalue weighted by molar-refractivity contribution is 0.117. The van der Waals surface area contributed by atoms with Crippen LogP contribution in [0.2, 0.25) is 0 Å². The Labute approximate surface area is 110 Å². The van der Waals surface area contributed by atoms with Crippen LogP contribution in [0.1, 0.15) is 19.7 Å².